The molecule has 2 aromatic rings. The molecule has 27 heavy (non-hydrogen) atoms. The highest BCUT2D eigenvalue weighted by Crippen LogP contribution is 2.31. The van der Waals surface area contributed by atoms with Gasteiger partial charge in [0.15, 0.2) is 0 Å². The maximum atomic E-state index is 14.0. The second kappa shape index (κ2) is 8.04. The molecule has 0 radical (unpaired) electrons. The molecular weight excluding hydrogens is 369 g/mol. The van der Waals surface area contributed by atoms with Gasteiger partial charge in [-0.15, -0.1) is 11.3 Å². The molecule has 2 aliphatic heterocycles. The van der Waals surface area contributed by atoms with Crippen LogP contribution in [0.2, 0.25) is 0 Å². The van der Waals surface area contributed by atoms with Crippen molar-refractivity contribution >= 4 is 17.2 Å². The number of carbonyl (C=O) groups excluding carboxylic acids is 1. The lowest BCUT2D eigenvalue weighted by Crippen LogP contribution is -2.40. The van der Waals surface area contributed by atoms with Gasteiger partial charge in [0.2, 0.25) is 0 Å². The second-order valence-electron chi connectivity index (χ2n) is 7.15. The van der Waals surface area contributed by atoms with Gasteiger partial charge < -0.3 is 14.6 Å². The van der Waals surface area contributed by atoms with Crippen molar-refractivity contribution in [3.63, 3.8) is 0 Å². The smallest absolute Gasteiger partial charge is 0.263 e. The van der Waals surface area contributed by atoms with Gasteiger partial charge in [0.05, 0.1) is 12.7 Å². The average molecular weight is 393 g/mol. The summed E-state index contributed by atoms with van der Waals surface area (Å²) in [5, 5.41) is 3.80. The Morgan fingerprint density at radius 2 is 2.37 bits per heavy atom. The molecular formula is C18H24FN5O2S. The van der Waals surface area contributed by atoms with Gasteiger partial charge in [0, 0.05) is 45.2 Å². The van der Waals surface area contributed by atoms with E-state index in [0.29, 0.717) is 30.9 Å². The van der Waals surface area contributed by atoms with Gasteiger partial charge in [0.1, 0.15) is 28.0 Å². The molecule has 7 nitrogen and oxygen atoms in total. The number of amides is 1. The largest absolute Gasteiger partial charge is 0.371 e. The van der Waals surface area contributed by atoms with Crippen molar-refractivity contribution in [3.8, 4) is 0 Å². The first-order valence-corrected chi connectivity index (χ1v) is 10.1. The standard InChI is InChI=1S/C18H24FN5O2S/c1-23-5-4-20-16(23)11-24-10-12(19)7-13(24)8-21-17(25)15-9-22-18(27-15)14-3-2-6-26-14/h4-5,9,12-14H,2-3,6-8,10-11H2,1H3,(H,21,25)/t12-,13-,14?/m0/s1. The first-order chi connectivity index (χ1) is 13.1. The Morgan fingerprint density at radius 3 is 3.11 bits per heavy atom. The molecule has 0 aliphatic carbocycles. The van der Waals surface area contributed by atoms with E-state index in [1.54, 1.807) is 12.4 Å². The van der Waals surface area contributed by atoms with Gasteiger partial charge >= 0.3 is 0 Å². The number of rotatable bonds is 6. The highest BCUT2D eigenvalue weighted by atomic mass is 32.1. The molecule has 0 saturated carbocycles. The van der Waals surface area contributed by atoms with Gasteiger partial charge in [0.25, 0.3) is 5.91 Å². The number of aromatic nitrogens is 3. The fourth-order valence-corrected chi connectivity index (χ4v) is 4.59. The van der Waals surface area contributed by atoms with Crippen molar-refractivity contribution in [2.75, 3.05) is 19.7 Å². The van der Waals surface area contributed by atoms with E-state index in [9.17, 15) is 9.18 Å². The third kappa shape index (κ3) is 4.20. The van der Waals surface area contributed by atoms with Gasteiger partial charge in [-0.3, -0.25) is 9.69 Å². The topological polar surface area (TPSA) is 72.3 Å². The number of nitrogens with one attached hydrogen (secondary N) is 1. The molecule has 3 atom stereocenters. The molecule has 0 aromatic carbocycles. The summed E-state index contributed by atoms with van der Waals surface area (Å²) in [6.07, 6.45) is 6.79. The van der Waals surface area contributed by atoms with E-state index in [1.807, 2.05) is 17.8 Å². The van der Waals surface area contributed by atoms with Crippen LogP contribution in [0.4, 0.5) is 4.39 Å². The number of imidazole rings is 1. The van der Waals surface area contributed by atoms with E-state index in [1.165, 1.54) is 11.3 Å². The quantitative estimate of drug-likeness (QED) is 0.814. The summed E-state index contributed by atoms with van der Waals surface area (Å²) in [4.78, 5) is 23.8. The lowest BCUT2D eigenvalue weighted by Gasteiger charge is -2.23. The van der Waals surface area contributed by atoms with Gasteiger partial charge in [-0.25, -0.2) is 14.4 Å². The van der Waals surface area contributed by atoms with Gasteiger partial charge in [-0.2, -0.15) is 0 Å². The molecule has 9 heteroatoms. The van der Waals surface area contributed by atoms with Gasteiger partial charge in [-0.05, 0) is 19.3 Å². The summed E-state index contributed by atoms with van der Waals surface area (Å²) in [5.41, 5.74) is 0. The first kappa shape index (κ1) is 18.5. The summed E-state index contributed by atoms with van der Waals surface area (Å²) in [6, 6.07) is -0.0359. The average Bonchev–Trinajstić information content (AvgIpc) is 3.41. The van der Waals surface area contributed by atoms with E-state index < -0.39 is 6.17 Å². The van der Waals surface area contributed by atoms with E-state index in [2.05, 4.69) is 20.2 Å². The second-order valence-corrected chi connectivity index (χ2v) is 8.21. The predicted octanol–water partition coefficient (Wildman–Crippen LogP) is 2.07. The van der Waals surface area contributed by atoms with Crippen molar-refractivity contribution in [2.45, 2.75) is 44.1 Å². The summed E-state index contributed by atoms with van der Waals surface area (Å²) < 4.78 is 21.5. The Kier molecular flexibility index (Phi) is 5.51. The fourth-order valence-electron chi connectivity index (χ4n) is 3.67. The zero-order chi connectivity index (χ0) is 18.8. The number of carbonyl (C=O) groups is 1. The molecule has 1 amide bonds. The molecule has 1 unspecified atom stereocenters. The Labute approximate surface area is 161 Å². The van der Waals surface area contributed by atoms with Crippen LogP contribution in [0.25, 0.3) is 0 Å². The third-order valence-electron chi connectivity index (χ3n) is 5.19. The fraction of sp³-hybridized carbons (Fsp3) is 0.611. The van der Waals surface area contributed by atoms with Crippen molar-refractivity contribution in [2.24, 2.45) is 7.05 Å². The number of ether oxygens (including phenoxy) is 1. The number of hydrogen-bond donors (Lipinski definition) is 1. The molecule has 0 bridgehead atoms. The monoisotopic (exact) mass is 393 g/mol. The number of aryl methyl sites for hydroxylation is 1. The molecule has 2 aromatic heterocycles. The SMILES string of the molecule is Cn1ccnc1CN1C[C@@H](F)C[C@H]1CNC(=O)c1cnc(C2CCCO2)s1. The molecule has 2 fully saturated rings. The van der Waals surface area contributed by atoms with E-state index in [-0.39, 0.29) is 18.1 Å². The lowest BCUT2D eigenvalue weighted by molar-refractivity contribution is 0.0943. The minimum absolute atomic E-state index is 0.0203. The van der Waals surface area contributed by atoms with Crippen LogP contribution in [-0.2, 0) is 18.3 Å². The minimum Gasteiger partial charge on any atom is -0.371 e. The van der Waals surface area contributed by atoms with E-state index in [0.717, 1.165) is 30.3 Å². The number of hydrogen-bond acceptors (Lipinski definition) is 6. The van der Waals surface area contributed by atoms with Crippen LogP contribution >= 0.6 is 11.3 Å². The van der Waals surface area contributed by atoms with Crippen LogP contribution in [0, 0.1) is 0 Å². The van der Waals surface area contributed by atoms with Crippen molar-refractivity contribution in [3.05, 3.63) is 34.3 Å². The molecule has 2 aliphatic rings. The molecule has 2 saturated heterocycles. The highest BCUT2D eigenvalue weighted by molar-refractivity contribution is 7.13. The van der Waals surface area contributed by atoms with Crippen molar-refractivity contribution in [1.82, 2.24) is 24.8 Å². The van der Waals surface area contributed by atoms with E-state index >= 15 is 0 Å². The Balaban J connectivity index is 1.34. The van der Waals surface area contributed by atoms with Crippen LogP contribution in [0.5, 0.6) is 0 Å². The Hall–Kier alpha value is -1.84. The zero-order valence-corrected chi connectivity index (χ0v) is 16.1. The number of likely N-dealkylation sites (tertiary alicyclic amines) is 1. The summed E-state index contributed by atoms with van der Waals surface area (Å²) >= 11 is 1.38. The van der Waals surface area contributed by atoms with Crippen molar-refractivity contribution < 1.29 is 13.9 Å². The molecule has 0 spiro atoms. The first-order valence-electron chi connectivity index (χ1n) is 9.30. The van der Waals surface area contributed by atoms with Gasteiger partial charge in [-0.1, -0.05) is 0 Å². The predicted molar refractivity (Wildman–Crippen MR) is 99.3 cm³/mol. The van der Waals surface area contributed by atoms with E-state index in [4.69, 9.17) is 4.74 Å². The van der Waals surface area contributed by atoms with Crippen LogP contribution < -0.4 is 5.32 Å². The maximum absolute atomic E-state index is 14.0. The summed E-state index contributed by atoms with van der Waals surface area (Å²) in [7, 11) is 1.93. The molecule has 4 rings (SSSR count). The maximum Gasteiger partial charge on any atom is 0.263 e. The number of halogens is 1. The number of alkyl halides is 1. The molecule has 146 valence electrons. The molecule has 1 N–H and O–H groups in total. The minimum atomic E-state index is -0.873. The number of thiazole rings is 1. The van der Waals surface area contributed by atoms with Crippen LogP contribution in [-0.4, -0.2) is 57.3 Å². The van der Waals surface area contributed by atoms with Crippen molar-refractivity contribution in [1.29, 1.82) is 0 Å². The van der Waals surface area contributed by atoms with Crippen LogP contribution in [0.15, 0.2) is 18.6 Å². The van der Waals surface area contributed by atoms with Crippen LogP contribution in [0.1, 0.15) is 45.9 Å². The normalized spacial score (nSPS) is 25.9. The summed E-state index contributed by atoms with van der Waals surface area (Å²) in [6.45, 7) is 2.12. The Morgan fingerprint density at radius 1 is 1.48 bits per heavy atom. The Bertz CT molecular complexity index is 788. The number of nitrogens with zero attached hydrogens (tertiary/aromatic N) is 4. The summed E-state index contributed by atoms with van der Waals surface area (Å²) in [5.74, 6) is 0.736. The van der Waals surface area contributed by atoms with Crippen LogP contribution in [0.3, 0.4) is 0 Å². The third-order valence-corrected chi connectivity index (χ3v) is 6.28. The lowest BCUT2D eigenvalue weighted by atomic mass is 10.2. The molecule has 4 heterocycles. The zero-order valence-electron chi connectivity index (χ0n) is 15.3. The highest BCUT2D eigenvalue weighted by Gasteiger charge is 2.33.